The zero-order valence-electron chi connectivity index (χ0n) is 10.6. The Morgan fingerprint density at radius 1 is 1.20 bits per heavy atom. The summed E-state index contributed by atoms with van der Waals surface area (Å²) in [6.07, 6.45) is 0.196. The molecule has 0 saturated heterocycles. The predicted molar refractivity (Wildman–Crippen MR) is 77.9 cm³/mol. The summed E-state index contributed by atoms with van der Waals surface area (Å²) in [7, 11) is 0. The van der Waals surface area contributed by atoms with Gasteiger partial charge in [0.25, 0.3) is 0 Å². The van der Waals surface area contributed by atoms with Crippen LogP contribution < -0.4 is 5.73 Å². The van der Waals surface area contributed by atoms with Gasteiger partial charge in [-0.1, -0.05) is 29.8 Å². The van der Waals surface area contributed by atoms with E-state index in [9.17, 15) is 9.90 Å². The summed E-state index contributed by atoms with van der Waals surface area (Å²) < 4.78 is 0. The first-order chi connectivity index (χ1) is 9.45. The maximum absolute atomic E-state index is 10.8. The fourth-order valence-corrected chi connectivity index (χ4v) is 2.22. The Labute approximate surface area is 121 Å². The standard InChI is InChI=1S/C15H14ClNO3/c16-12-5-9(6-14(17)15(19)20)4-11(7-12)10-2-1-3-13(18)8-10/h1-5,7-8,14,18H,6,17H2,(H,19,20). The number of hydrogen-bond donors (Lipinski definition) is 3. The molecule has 2 aromatic rings. The minimum absolute atomic E-state index is 0.159. The minimum Gasteiger partial charge on any atom is -0.508 e. The van der Waals surface area contributed by atoms with Gasteiger partial charge >= 0.3 is 5.97 Å². The number of carbonyl (C=O) groups is 1. The van der Waals surface area contributed by atoms with Crippen LogP contribution in [-0.4, -0.2) is 22.2 Å². The summed E-state index contributed by atoms with van der Waals surface area (Å²) in [4.78, 5) is 10.8. The molecule has 0 radical (unpaired) electrons. The number of phenolic OH excluding ortho intramolecular Hbond substituents is 1. The van der Waals surface area contributed by atoms with Crippen molar-refractivity contribution in [3.8, 4) is 16.9 Å². The van der Waals surface area contributed by atoms with Gasteiger partial charge in [-0.2, -0.15) is 0 Å². The Morgan fingerprint density at radius 2 is 1.95 bits per heavy atom. The van der Waals surface area contributed by atoms with Crippen molar-refractivity contribution in [3.63, 3.8) is 0 Å². The molecular weight excluding hydrogens is 278 g/mol. The lowest BCUT2D eigenvalue weighted by Gasteiger charge is -2.10. The van der Waals surface area contributed by atoms with Crippen molar-refractivity contribution in [2.75, 3.05) is 0 Å². The molecule has 2 rings (SSSR count). The largest absolute Gasteiger partial charge is 0.508 e. The van der Waals surface area contributed by atoms with Crippen LogP contribution in [-0.2, 0) is 11.2 Å². The highest BCUT2D eigenvalue weighted by Crippen LogP contribution is 2.27. The van der Waals surface area contributed by atoms with Gasteiger partial charge in [0.05, 0.1) is 0 Å². The second-order valence-corrected chi connectivity index (χ2v) is 4.98. The van der Waals surface area contributed by atoms with Gasteiger partial charge in [-0.25, -0.2) is 0 Å². The molecule has 4 nitrogen and oxygen atoms in total. The molecule has 1 atom stereocenters. The lowest BCUT2D eigenvalue weighted by molar-refractivity contribution is -0.138. The van der Waals surface area contributed by atoms with E-state index in [0.29, 0.717) is 5.02 Å². The molecule has 4 N–H and O–H groups in total. The van der Waals surface area contributed by atoms with Crippen molar-refractivity contribution in [1.29, 1.82) is 0 Å². The third kappa shape index (κ3) is 3.50. The normalized spacial score (nSPS) is 12.1. The Hall–Kier alpha value is -2.04. The lowest BCUT2D eigenvalue weighted by Crippen LogP contribution is -2.32. The van der Waals surface area contributed by atoms with Crippen LogP contribution in [0.1, 0.15) is 5.56 Å². The van der Waals surface area contributed by atoms with Crippen molar-refractivity contribution >= 4 is 17.6 Å². The minimum atomic E-state index is -1.05. The first-order valence-electron chi connectivity index (χ1n) is 6.03. The van der Waals surface area contributed by atoms with Crippen molar-refractivity contribution in [3.05, 3.63) is 53.1 Å². The summed E-state index contributed by atoms with van der Waals surface area (Å²) in [6, 6.07) is 11.1. The van der Waals surface area contributed by atoms with Crippen LogP contribution >= 0.6 is 11.6 Å². The van der Waals surface area contributed by atoms with Crippen LogP contribution in [0.5, 0.6) is 5.75 Å². The number of carboxylic acid groups (broad SMARTS) is 1. The number of hydrogen-bond acceptors (Lipinski definition) is 3. The van der Waals surface area contributed by atoms with Crippen LogP contribution in [0.25, 0.3) is 11.1 Å². The molecule has 20 heavy (non-hydrogen) atoms. The molecule has 0 heterocycles. The van der Waals surface area contributed by atoms with Gasteiger partial charge in [0.15, 0.2) is 0 Å². The highest BCUT2D eigenvalue weighted by molar-refractivity contribution is 6.31. The van der Waals surface area contributed by atoms with E-state index in [1.807, 2.05) is 12.1 Å². The van der Waals surface area contributed by atoms with Gasteiger partial charge in [-0.05, 0) is 47.4 Å². The Morgan fingerprint density at radius 3 is 2.60 bits per heavy atom. The van der Waals surface area contributed by atoms with Crippen LogP contribution in [0.3, 0.4) is 0 Å². The Balaban J connectivity index is 2.36. The lowest BCUT2D eigenvalue weighted by atomic mass is 9.99. The molecule has 1 unspecified atom stereocenters. The highest BCUT2D eigenvalue weighted by Gasteiger charge is 2.13. The second-order valence-electron chi connectivity index (χ2n) is 4.55. The molecule has 104 valence electrons. The molecule has 0 aromatic heterocycles. The number of nitrogens with two attached hydrogens (primary N) is 1. The molecule has 0 saturated carbocycles. The molecule has 0 aliphatic heterocycles. The molecular formula is C15H14ClNO3. The third-order valence-corrected chi connectivity index (χ3v) is 3.13. The number of rotatable bonds is 4. The van der Waals surface area contributed by atoms with Crippen LogP contribution in [0.4, 0.5) is 0 Å². The van der Waals surface area contributed by atoms with E-state index >= 15 is 0 Å². The van der Waals surface area contributed by atoms with Crippen LogP contribution in [0, 0.1) is 0 Å². The summed E-state index contributed by atoms with van der Waals surface area (Å²) in [6.45, 7) is 0. The van der Waals surface area contributed by atoms with Crippen molar-refractivity contribution in [1.82, 2.24) is 0 Å². The number of benzene rings is 2. The zero-order valence-corrected chi connectivity index (χ0v) is 11.3. The predicted octanol–water partition coefficient (Wildman–Crippen LogP) is 2.67. The first kappa shape index (κ1) is 14.4. The van der Waals surface area contributed by atoms with E-state index in [-0.39, 0.29) is 12.2 Å². The summed E-state index contributed by atoms with van der Waals surface area (Å²) in [5, 5.41) is 18.8. The van der Waals surface area contributed by atoms with Gasteiger partial charge in [-0.3, -0.25) is 4.79 Å². The van der Waals surface area contributed by atoms with Crippen LogP contribution in [0.15, 0.2) is 42.5 Å². The van der Waals surface area contributed by atoms with Gasteiger partial charge < -0.3 is 15.9 Å². The van der Waals surface area contributed by atoms with E-state index in [1.54, 1.807) is 30.3 Å². The van der Waals surface area contributed by atoms with Gasteiger partial charge in [0.2, 0.25) is 0 Å². The molecule has 0 fully saturated rings. The van der Waals surface area contributed by atoms with Gasteiger partial charge in [0, 0.05) is 5.02 Å². The monoisotopic (exact) mass is 291 g/mol. The molecule has 5 heteroatoms. The summed E-state index contributed by atoms with van der Waals surface area (Å²) >= 11 is 6.05. The highest BCUT2D eigenvalue weighted by atomic mass is 35.5. The fraction of sp³-hybridized carbons (Fsp3) is 0.133. The maximum Gasteiger partial charge on any atom is 0.320 e. The molecule has 2 aromatic carbocycles. The molecule has 0 aliphatic carbocycles. The van der Waals surface area contributed by atoms with E-state index in [0.717, 1.165) is 16.7 Å². The Bertz CT molecular complexity index is 643. The van der Waals surface area contributed by atoms with Crippen molar-refractivity contribution in [2.45, 2.75) is 12.5 Å². The molecule has 0 bridgehead atoms. The zero-order chi connectivity index (χ0) is 14.7. The second kappa shape index (κ2) is 5.94. The number of phenols is 1. The van der Waals surface area contributed by atoms with Crippen molar-refractivity contribution < 1.29 is 15.0 Å². The van der Waals surface area contributed by atoms with Crippen molar-refractivity contribution in [2.24, 2.45) is 5.73 Å². The smallest absolute Gasteiger partial charge is 0.320 e. The average Bonchev–Trinajstić information content (AvgIpc) is 2.37. The third-order valence-electron chi connectivity index (χ3n) is 2.91. The van der Waals surface area contributed by atoms with Gasteiger partial charge in [0.1, 0.15) is 11.8 Å². The van der Waals surface area contributed by atoms with E-state index in [1.165, 1.54) is 0 Å². The first-order valence-corrected chi connectivity index (χ1v) is 6.41. The van der Waals surface area contributed by atoms with Gasteiger partial charge in [-0.15, -0.1) is 0 Å². The maximum atomic E-state index is 10.8. The number of aliphatic carboxylic acids is 1. The summed E-state index contributed by atoms with van der Waals surface area (Å²) in [5.74, 6) is -0.893. The average molecular weight is 292 g/mol. The molecule has 0 spiro atoms. The Kier molecular flexibility index (Phi) is 4.27. The molecule has 0 amide bonds. The quantitative estimate of drug-likeness (QED) is 0.808. The van der Waals surface area contributed by atoms with Crippen LogP contribution in [0.2, 0.25) is 5.02 Å². The molecule has 0 aliphatic rings. The fourth-order valence-electron chi connectivity index (χ4n) is 1.96. The SMILES string of the molecule is NC(Cc1cc(Cl)cc(-c2cccc(O)c2)c1)C(=O)O. The number of carboxylic acids is 1. The number of halogens is 1. The topological polar surface area (TPSA) is 83.5 Å². The van der Waals surface area contributed by atoms with E-state index in [2.05, 4.69) is 0 Å². The number of aromatic hydroxyl groups is 1. The van der Waals surface area contributed by atoms with E-state index < -0.39 is 12.0 Å². The van der Waals surface area contributed by atoms with E-state index in [4.69, 9.17) is 22.4 Å². The summed E-state index contributed by atoms with van der Waals surface area (Å²) in [5.41, 5.74) is 7.88.